The Kier molecular flexibility index (Phi) is 3.45. The minimum Gasteiger partial charge on any atom is -0.481 e. The van der Waals surface area contributed by atoms with Gasteiger partial charge in [0.15, 0.2) is 0 Å². The number of para-hydroxylation sites is 1. The van der Waals surface area contributed by atoms with E-state index in [1.807, 2.05) is 31.2 Å². The van der Waals surface area contributed by atoms with Crippen LogP contribution in [-0.2, 0) is 9.59 Å². The quantitative estimate of drug-likeness (QED) is 0.886. The fourth-order valence-electron chi connectivity index (χ4n) is 3.40. The Labute approximate surface area is 123 Å². The largest absolute Gasteiger partial charge is 0.481 e. The van der Waals surface area contributed by atoms with Gasteiger partial charge in [-0.15, -0.1) is 0 Å². The third-order valence-electron chi connectivity index (χ3n) is 4.62. The lowest BCUT2D eigenvalue weighted by molar-refractivity contribution is -0.137. The highest BCUT2D eigenvalue weighted by Crippen LogP contribution is 2.41. The van der Waals surface area contributed by atoms with Crippen LogP contribution in [0.2, 0.25) is 0 Å². The molecular weight excluding hydrogens is 268 g/mol. The predicted molar refractivity (Wildman–Crippen MR) is 79.4 cm³/mol. The number of carbonyl (C=O) groups is 2. The molecular formula is C16H20N2O3. The summed E-state index contributed by atoms with van der Waals surface area (Å²) in [5.74, 6) is -0.828. The van der Waals surface area contributed by atoms with Crippen LogP contribution in [0, 0.1) is 5.41 Å². The number of carboxylic acids is 1. The lowest BCUT2D eigenvalue weighted by Crippen LogP contribution is -2.43. The average Bonchev–Trinajstić information content (AvgIpc) is 3.04. The SMILES string of the molecule is CC1(C(=O)N2CC(CC(=O)O)c3ccccc32)CCNC1. The number of benzene rings is 1. The Morgan fingerprint density at radius 3 is 2.86 bits per heavy atom. The van der Waals surface area contributed by atoms with Gasteiger partial charge < -0.3 is 15.3 Å². The number of nitrogens with zero attached hydrogens (tertiary/aromatic N) is 1. The molecule has 0 saturated carbocycles. The lowest BCUT2D eigenvalue weighted by atomic mass is 9.88. The van der Waals surface area contributed by atoms with Crippen LogP contribution in [0.5, 0.6) is 0 Å². The Morgan fingerprint density at radius 1 is 1.43 bits per heavy atom. The zero-order valence-electron chi connectivity index (χ0n) is 12.1. The molecule has 1 aromatic carbocycles. The molecule has 2 atom stereocenters. The van der Waals surface area contributed by atoms with Gasteiger partial charge in [-0.2, -0.15) is 0 Å². The van der Waals surface area contributed by atoms with Crippen LogP contribution in [0.25, 0.3) is 0 Å². The zero-order valence-corrected chi connectivity index (χ0v) is 12.1. The van der Waals surface area contributed by atoms with E-state index < -0.39 is 5.97 Å². The van der Waals surface area contributed by atoms with Gasteiger partial charge in [0.1, 0.15) is 0 Å². The summed E-state index contributed by atoms with van der Waals surface area (Å²) >= 11 is 0. The molecule has 112 valence electrons. The van der Waals surface area contributed by atoms with E-state index in [1.165, 1.54) is 0 Å². The number of carbonyl (C=O) groups excluding carboxylic acids is 1. The second-order valence-electron chi connectivity index (χ2n) is 6.26. The van der Waals surface area contributed by atoms with Crippen molar-refractivity contribution < 1.29 is 14.7 Å². The second-order valence-corrected chi connectivity index (χ2v) is 6.26. The molecule has 5 nitrogen and oxygen atoms in total. The standard InChI is InChI=1S/C16H20N2O3/c1-16(6-7-17-10-16)15(21)18-9-11(8-14(19)20)12-4-2-3-5-13(12)18/h2-5,11,17H,6-10H2,1H3,(H,19,20). The number of hydrogen-bond donors (Lipinski definition) is 2. The Morgan fingerprint density at radius 2 is 2.19 bits per heavy atom. The van der Waals surface area contributed by atoms with Gasteiger partial charge in [0.2, 0.25) is 5.91 Å². The summed E-state index contributed by atoms with van der Waals surface area (Å²) in [6.45, 7) is 4.01. The van der Waals surface area contributed by atoms with Crippen molar-refractivity contribution in [2.24, 2.45) is 5.41 Å². The molecule has 1 amide bonds. The van der Waals surface area contributed by atoms with E-state index in [0.717, 1.165) is 24.2 Å². The van der Waals surface area contributed by atoms with Crippen LogP contribution >= 0.6 is 0 Å². The van der Waals surface area contributed by atoms with Crippen molar-refractivity contribution in [3.8, 4) is 0 Å². The third kappa shape index (κ3) is 2.42. The fraction of sp³-hybridized carbons (Fsp3) is 0.500. The lowest BCUT2D eigenvalue weighted by Gasteiger charge is -2.28. The summed E-state index contributed by atoms with van der Waals surface area (Å²) in [6, 6.07) is 7.66. The van der Waals surface area contributed by atoms with Gasteiger partial charge in [-0.1, -0.05) is 18.2 Å². The smallest absolute Gasteiger partial charge is 0.304 e. The van der Waals surface area contributed by atoms with Crippen molar-refractivity contribution in [3.05, 3.63) is 29.8 Å². The Balaban J connectivity index is 1.90. The minimum atomic E-state index is -0.821. The van der Waals surface area contributed by atoms with Gasteiger partial charge in [0.25, 0.3) is 0 Å². The normalized spacial score (nSPS) is 27.7. The van der Waals surface area contributed by atoms with E-state index in [0.29, 0.717) is 13.1 Å². The number of amides is 1. The third-order valence-corrected chi connectivity index (χ3v) is 4.62. The van der Waals surface area contributed by atoms with E-state index in [4.69, 9.17) is 5.11 Å². The first-order valence-electron chi connectivity index (χ1n) is 7.35. The molecule has 0 bridgehead atoms. The number of rotatable bonds is 3. The van der Waals surface area contributed by atoms with Crippen molar-refractivity contribution in [1.82, 2.24) is 5.32 Å². The summed E-state index contributed by atoms with van der Waals surface area (Å²) in [4.78, 5) is 25.7. The van der Waals surface area contributed by atoms with Crippen molar-refractivity contribution >= 4 is 17.6 Å². The van der Waals surface area contributed by atoms with Crippen molar-refractivity contribution in [1.29, 1.82) is 0 Å². The van der Waals surface area contributed by atoms with Crippen LogP contribution in [0.4, 0.5) is 5.69 Å². The molecule has 2 heterocycles. The maximum Gasteiger partial charge on any atom is 0.304 e. The van der Waals surface area contributed by atoms with Crippen LogP contribution in [0.3, 0.4) is 0 Å². The van der Waals surface area contributed by atoms with Crippen molar-refractivity contribution in [2.75, 3.05) is 24.5 Å². The summed E-state index contributed by atoms with van der Waals surface area (Å²) in [6.07, 6.45) is 0.893. The molecule has 0 aliphatic carbocycles. The molecule has 1 fully saturated rings. The molecule has 5 heteroatoms. The van der Waals surface area contributed by atoms with Crippen LogP contribution in [0.15, 0.2) is 24.3 Å². The summed E-state index contributed by atoms with van der Waals surface area (Å²) in [7, 11) is 0. The monoisotopic (exact) mass is 288 g/mol. The second kappa shape index (κ2) is 5.15. The highest BCUT2D eigenvalue weighted by Gasteiger charge is 2.43. The number of anilines is 1. The number of fused-ring (bicyclic) bond motifs is 1. The Bertz CT molecular complexity index is 579. The van der Waals surface area contributed by atoms with Crippen LogP contribution in [-0.4, -0.2) is 36.6 Å². The molecule has 0 aromatic heterocycles. The highest BCUT2D eigenvalue weighted by atomic mass is 16.4. The Hall–Kier alpha value is -1.88. The van der Waals surface area contributed by atoms with Gasteiger partial charge in [0, 0.05) is 24.7 Å². The summed E-state index contributed by atoms with van der Waals surface area (Å²) in [5, 5.41) is 12.3. The minimum absolute atomic E-state index is 0.0652. The van der Waals surface area contributed by atoms with E-state index in [9.17, 15) is 9.59 Å². The van der Waals surface area contributed by atoms with Gasteiger partial charge >= 0.3 is 5.97 Å². The zero-order chi connectivity index (χ0) is 15.0. The fourth-order valence-corrected chi connectivity index (χ4v) is 3.40. The van der Waals surface area contributed by atoms with E-state index in [2.05, 4.69) is 5.32 Å². The first-order valence-corrected chi connectivity index (χ1v) is 7.35. The molecule has 2 aliphatic rings. The first-order chi connectivity index (χ1) is 10.0. The van der Waals surface area contributed by atoms with E-state index in [1.54, 1.807) is 4.90 Å². The first kappa shape index (κ1) is 14.1. The molecule has 2 aliphatic heterocycles. The molecule has 2 unspecified atom stereocenters. The predicted octanol–water partition coefficient (Wildman–Crippen LogP) is 1.59. The van der Waals surface area contributed by atoms with Gasteiger partial charge in [-0.05, 0) is 31.5 Å². The maximum atomic E-state index is 12.9. The molecule has 0 radical (unpaired) electrons. The average molecular weight is 288 g/mol. The van der Waals surface area contributed by atoms with Crippen molar-refractivity contribution in [2.45, 2.75) is 25.7 Å². The van der Waals surface area contributed by atoms with Crippen molar-refractivity contribution in [3.63, 3.8) is 0 Å². The maximum absolute atomic E-state index is 12.9. The molecule has 2 N–H and O–H groups in total. The topological polar surface area (TPSA) is 69.6 Å². The molecule has 1 saturated heterocycles. The molecule has 1 aromatic rings. The van der Waals surface area contributed by atoms with Crippen LogP contribution < -0.4 is 10.2 Å². The van der Waals surface area contributed by atoms with Gasteiger partial charge in [-0.25, -0.2) is 0 Å². The summed E-state index contributed by atoms with van der Waals surface area (Å²) in [5.41, 5.74) is 1.47. The van der Waals surface area contributed by atoms with Crippen LogP contribution in [0.1, 0.15) is 31.2 Å². The molecule has 3 rings (SSSR count). The highest BCUT2D eigenvalue weighted by molar-refractivity contribution is 6.00. The summed E-state index contributed by atoms with van der Waals surface area (Å²) < 4.78 is 0. The molecule has 21 heavy (non-hydrogen) atoms. The number of carboxylic acid groups (broad SMARTS) is 1. The number of aliphatic carboxylic acids is 1. The van der Waals surface area contributed by atoms with E-state index in [-0.39, 0.29) is 23.7 Å². The van der Waals surface area contributed by atoms with Gasteiger partial charge in [-0.3, -0.25) is 9.59 Å². The molecule has 0 spiro atoms. The number of nitrogens with one attached hydrogen (secondary N) is 1. The van der Waals surface area contributed by atoms with E-state index >= 15 is 0 Å². The number of hydrogen-bond acceptors (Lipinski definition) is 3. The van der Waals surface area contributed by atoms with Gasteiger partial charge in [0.05, 0.1) is 11.8 Å².